The average Bonchev–Trinajstić information content (AvgIpc) is 2.91. The van der Waals surface area contributed by atoms with E-state index in [0.717, 1.165) is 18.4 Å². The molecule has 0 saturated heterocycles. The van der Waals surface area contributed by atoms with Crippen LogP contribution in [0.15, 0.2) is 53.6 Å². The Kier molecular flexibility index (Phi) is 16.9. The Hall–Kier alpha value is -2.66. The third kappa shape index (κ3) is 14.9. The predicted octanol–water partition coefficient (Wildman–Crippen LogP) is 9.27. The van der Waals surface area contributed by atoms with Gasteiger partial charge in [-0.15, -0.1) is 0 Å². The Morgan fingerprint density at radius 2 is 1.34 bits per heavy atom. The van der Waals surface area contributed by atoms with E-state index < -0.39 is 5.97 Å². The average molecular weight is 541 g/mol. The van der Waals surface area contributed by atoms with Crippen molar-refractivity contribution in [1.82, 2.24) is 5.43 Å². The maximum atomic E-state index is 12.3. The van der Waals surface area contributed by atoms with Crippen molar-refractivity contribution >= 4 is 29.7 Å². The van der Waals surface area contributed by atoms with Crippen molar-refractivity contribution in [3.05, 3.63) is 64.7 Å². The maximum Gasteiger partial charge on any atom is 0.343 e. The minimum atomic E-state index is -0.465. The molecule has 0 radical (unpaired) electrons. The van der Waals surface area contributed by atoms with Crippen molar-refractivity contribution in [2.75, 3.05) is 0 Å². The Morgan fingerprint density at radius 3 is 1.92 bits per heavy atom. The van der Waals surface area contributed by atoms with Gasteiger partial charge in [0.2, 0.25) is 5.91 Å². The fraction of sp³-hybridized carbons (Fsp3) is 0.531. The van der Waals surface area contributed by atoms with Crippen molar-refractivity contribution in [3.63, 3.8) is 0 Å². The first-order valence-electron chi connectivity index (χ1n) is 14.5. The highest BCUT2D eigenvalue weighted by molar-refractivity contribution is 6.30. The lowest BCUT2D eigenvalue weighted by molar-refractivity contribution is -0.121. The largest absolute Gasteiger partial charge is 0.423 e. The molecule has 208 valence electrons. The molecule has 0 fully saturated rings. The van der Waals surface area contributed by atoms with Crippen LogP contribution in [0.1, 0.15) is 126 Å². The molecular formula is C32H45ClN2O3. The zero-order valence-electron chi connectivity index (χ0n) is 23.1. The summed E-state index contributed by atoms with van der Waals surface area (Å²) in [5.74, 6) is -0.146. The summed E-state index contributed by atoms with van der Waals surface area (Å²) in [5.41, 5.74) is 3.72. The van der Waals surface area contributed by atoms with Crippen molar-refractivity contribution in [3.8, 4) is 5.75 Å². The number of carbonyl (C=O) groups is 2. The van der Waals surface area contributed by atoms with E-state index in [1.165, 1.54) is 83.5 Å². The number of unbranched alkanes of at least 4 members (excludes halogenated alkanes) is 14. The molecule has 0 aromatic heterocycles. The van der Waals surface area contributed by atoms with Crippen LogP contribution in [0.4, 0.5) is 0 Å². The van der Waals surface area contributed by atoms with E-state index in [4.69, 9.17) is 16.3 Å². The van der Waals surface area contributed by atoms with Gasteiger partial charge in [0.15, 0.2) is 0 Å². The van der Waals surface area contributed by atoms with Crippen LogP contribution in [0.2, 0.25) is 5.02 Å². The number of carbonyl (C=O) groups excluding carboxylic acids is 2. The molecule has 6 heteroatoms. The standard InChI is InChI=1S/C32H45ClN2O3/c1-2-3-4-5-6-7-8-9-10-11-12-13-14-15-16-20-31(36)35-34-26-27-18-17-19-30(25-27)38-32(37)28-21-23-29(33)24-22-28/h17-19,21-26H,2-16,20H2,1H3,(H,35,36)/b34-26+. The molecule has 0 spiro atoms. The molecule has 1 N–H and O–H groups in total. The molecule has 0 unspecified atom stereocenters. The Labute approximate surface area is 234 Å². The molecule has 0 saturated carbocycles. The van der Waals surface area contributed by atoms with Crippen molar-refractivity contribution in [1.29, 1.82) is 0 Å². The van der Waals surface area contributed by atoms with Crippen molar-refractivity contribution in [2.24, 2.45) is 5.10 Å². The number of halogens is 1. The number of amides is 1. The van der Waals surface area contributed by atoms with E-state index in [1.54, 1.807) is 48.7 Å². The molecule has 0 bridgehead atoms. The summed E-state index contributed by atoms with van der Waals surface area (Å²) in [6, 6.07) is 13.5. The van der Waals surface area contributed by atoms with Gasteiger partial charge in [-0.2, -0.15) is 5.10 Å². The molecule has 0 aliphatic rings. The van der Waals surface area contributed by atoms with Crippen LogP contribution < -0.4 is 10.2 Å². The van der Waals surface area contributed by atoms with E-state index in [9.17, 15) is 9.59 Å². The molecule has 0 aliphatic carbocycles. The lowest BCUT2D eigenvalue weighted by Crippen LogP contribution is -2.16. The second kappa shape index (κ2) is 20.3. The Bertz CT molecular complexity index is 959. The van der Waals surface area contributed by atoms with Crippen LogP contribution >= 0.6 is 11.6 Å². The number of nitrogens with zero attached hydrogens (tertiary/aromatic N) is 1. The van der Waals surface area contributed by atoms with Gasteiger partial charge in [-0.05, 0) is 48.4 Å². The molecule has 2 aromatic rings. The van der Waals surface area contributed by atoms with Crippen LogP contribution in [0.5, 0.6) is 5.75 Å². The Morgan fingerprint density at radius 1 is 0.789 bits per heavy atom. The fourth-order valence-electron chi connectivity index (χ4n) is 4.30. The minimum absolute atomic E-state index is 0.0822. The zero-order chi connectivity index (χ0) is 27.3. The summed E-state index contributed by atoms with van der Waals surface area (Å²) in [5, 5.41) is 4.60. The number of hydrazone groups is 1. The highest BCUT2D eigenvalue weighted by Gasteiger charge is 2.08. The number of esters is 1. The highest BCUT2D eigenvalue weighted by atomic mass is 35.5. The monoisotopic (exact) mass is 540 g/mol. The molecule has 38 heavy (non-hydrogen) atoms. The van der Waals surface area contributed by atoms with Crippen molar-refractivity contribution < 1.29 is 14.3 Å². The van der Waals surface area contributed by atoms with E-state index in [1.807, 2.05) is 6.07 Å². The summed E-state index contributed by atoms with van der Waals surface area (Å²) >= 11 is 5.86. The summed E-state index contributed by atoms with van der Waals surface area (Å²) in [6.07, 6.45) is 21.6. The Balaban J connectivity index is 1.49. The van der Waals surface area contributed by atoms with Crippen LogP contribution in [-0.2, 0) is 4.79 Å². The molecule has 0 atom stereocenters. The number of hydrogen-bond acceptors (Lipinski definition) is 4. The van der Waals surface area contributed by atoms with E-state index >= 15 is 0 Å². The molecular weight excluding hydrogens is 496 g/mol. The van der Waals surface area contributed by atoms with Crippen LogP contribution in [0.25, 0.3) is 0 Å². The second-order valence-corrected chi connectivity index (χ2v) is 10.4. The lowest BCUT2D eigenvalue weighted by Gasteiger charge is -2.05. The second-order valence-electron chi connectivity index (χ2n) is 9.96. The third-order valence-electron chi connectivity index (χ3n) is 6.56. The van der Waals surface area contributed by atoms with Gasteiger partial charge in [0, 0.05) is 11.4 Å². The summed E-state index contributed by atoms with van der Waals surface area (Å²) < 4.78 is 5.41. The van der Waals surface area contributed by atoms with Crippen LogP contribution in [-0.4, -0.2) is 18.1 Å². The van der Waals surface area contributed by atoms with Crippen LogP contribution in [0, 0.1) is 0 Å². The first kappa shape index (κ1) is 31.6. The van der Waals surface area contributed by atoms with Gasteiger partial charge < -0.3 is 4.74 Å². The first-order valence-corrected chi connectivity index (χ1v) is 14.9. The van der Waals surface area contributed by atoms with Gasteiger partial charge in [-0.25, -0.2) is 10.2 Å². The SMILES string of the molecule is CCCCCCCCCCCCCCCCCC(=O)N/N=C/c1cccc(OC(=O)c2ccc(Cl)cc2)c1. The smallest absolute Gasteiger partial charge is 0.343 e. The molecule has 5 nitrogen and oxygen atoms in total. The molecule has 1 amide bonds. The number of hydrogen-bond donors (Lipinski definition) is 1. The third-order valence-corrected chi connectivity index (χ3v) is 6.81. The quantitative estimate of drug-likeness (QED) is 0.0598. The summed E-state index contributed by atoms with van der Waals surface area (Å²) in [7, 11) is 0. The summed E-state index contributed by atoms with van der Waals surface area (Å²) in [6.45, 7) is 2.27. The molecule has 2 rings (SSSR count). The van der Waals surface area contributed by atoms with E-state index in [2.05, 4.69) is 17.5 Å². The van der Waals surface area contributed by atoms with Gasteiger partial charge in [-0.1, -0.05) is 121 Å². The number of ether oxygens (including phenoxy) is 1. The topological polar surface area (TPSA) is 67.8 Å². The lowest BCUT2D eigenvalue weighted by atomic mass is 10.0. The predicted molar refractivity (Wildman–Crippen MR) is 158 cm³/mol. The zero-order valence-corrected chi connectivity index (χ0v) is 23.8. The number of benzene rings is 2. The molecule has 0 heterocycles. The molecule has 2 aromatic carbocycles. The van der Waals surface area contributed by atoms with Gasteiger partial charge in [-0.3, -0.25) is 4.79 Å². The maximum absolute atomic E-state index is 12.3. The van der Waals surface area contributed by atoms with Gasteiger partial charge >= 0.3 is 5.97 Å². The van der Waals surface area contributed by atoms with E-state index in [0.29, 0.717) is 22.8 Å². The number of nitrogens with one attached hydrogen (secondary N) is 1. The fourth-order valence-corrected chi connectivity index (χ4v) is 4.43. The summed E-state index contributed by atoms with van der Waals surface area (Å²) in [4.78, 5) is 24.3. The number of rotatable bonds is 20. The van der Waals surface area contributed by atoms with E-state index in [-0.39, 0.29) is 5.91 Å². The molecule has 0 aliphatic heterocycles. The van der Waals surface area contributed by atoms with Gasteiger partial charge in [0.25, 0.3) is 0 Å². The highest BCUT2D eigenvalue weighted by Crippen LogP contribution is 2.16. The first-order chi connectivity index (χ1) is 18.6. The van der Waals surface area contributed by atoms with Gasteiger partial charge in [0.05, 0.1) is 11.8 Å². The van der Waals surface area contributed by atoms with Gasteiger partial charge in [0.1, 0.15) is 5.75 Å². The minimum Gasteiger partial charge on any atom is -0.423 e. The van der Waals surface area contributed by atoms with Crippen molar-refractivity contribution in [2.45, 2.75) is 110 Å². The normalized spacial score (nSPS) is 11.1. The van der Waals surface area contributed by atoms with Crippen LogP contribution in [0.3, 0.4) is 0 Å².